The van der Waals surface area contributed by atoms with Crippen LogP contribution in [0.4, 0.5) is 5.69 Å². The monoisotopic (exact) mass is 242 g/mol. The van der Waals surface area contributed by atoms with Gasteiger partial charge < -0.3 is 15.2 Å². The van der Waals surface area contributed by atoms with Crippen molar-refractivity contribution in [3.63, 3.8) is 0 Å². The Morgan fingerprint density at radius 1 is 1.35 bits per heavy atom. The Kier molecular flexibility index (Phi) is 2.75. The molecule has 0 aromatic heterocycles. The van der Waals surface area contributed by atoms with E-state index < -0.39 is 14.1 Å². The van der Waals surface area contributed by atoms with Gasteiger partial charge in [0.1, 0.15) is 17.2 Å². The Bertz CT molecular complexity index is 520. The summed E-state index contributed by atoms with van der Waals surface area (Å²) in [5.74, 6) is 0.00114. The number of aliphatic imine (C=N–C) groups is 1. The van der Waals surface area contributed by atoms with Crippen molar-refractivity contribution in [1.29, 1.82) is 0 Å². The first kappa shape index (κ1) is 6.89. The maximum absolute atomic E-state index is 7.19. The van der Waals surface area contributed by atoms with E-state index in [-0.39, 0.29) is 23.0 Å². The van der Waals surface area contributed by atoms with Crippen molar-refractivity contribution in [2.45, 2.75) is 26.2 Å². The van der Waals surface area contributed by atoms with Crippen LogP contribution in [0, 0.1) is 0 Å². The lowest BCUT2D eigenvalue weighted by Crippen LogP contribution is -2.10. The molecule has 0 saturated heterocycles. The van der Waals surface area contributed by atoms with Crippen LogP contribution in [0.5, 0.6) is 11.5 Å². The average molecular weight is 242 g/mol. The average Bonchev–Trinajstić information content (AvgIpc) is 2.36. The van der Waals surface area contributed by atoms with Crippen molar-refractivity contribution >= 4 is 11.5 Å². The van der Waals surface area contributed by atoms with Crippen molar-refractivity contribution in [1.82, 2.24) is 0 Å². The summed E-state index contributed by atoms with van der Waals surface area (Å²) in [5.41, 5.74) is 5.77. The smallest absolute Gasteiger partial charge is 0.149 e. The molecule has 0 spiro atoms. The molecule has 2 N–H and O–H groups in total. The fourth-order valence-corrected chi connectivity index (χ4v) is 1.33. The van der Waals surface area contributed by atoms with Gasteiger partial charge in [0.25, 0.3) is 0 Å². The van der Waals surface area contributed by atoms with Gasteiger partial charge in [-0.2, -0.15) is 0 Å². The Hall–Kier alpha value is -1.71. The summed E-state index contributed by atoms with van der Waals surface area (Å²) in [6.45, 7) is 1.99. The number of nitrogens with zero attached hydrogens (tertiary/aromatic N) is 1. The number of ether oxygens (including phenoxy) is 2. The largest absolute Gasteiger partial charge is 0.494 e. The van der Waals surface area contributed by atoms with Gasteiger partial charge in [0.2, 0.25) is 0 Å². The first-order valence-electron chi connectivity index (χ1n) is 8.36. The van der Waals surface area contributed by atoms with Crippen LogP contribution >= 0.6 is 0 Å². The summed E-state index contributed by atoms with van der Waals surface area (Å²) in [6.07, 6.45) is 2.20. The lowest BCUT2D eigenvalue weighted by atomic mass is 10.2. The lowest BCUT2D eigenvalue weighted by molar-refractivity contribution is 0.397. The van der Waals surface area contributed by atoms with E-state index in [1.807, 2.05) is 6.92 Å². The van der Waals surface area contributed by atoms with Gasteiger partial charge in [0.15, 0.2) is 0 Å². The highest BCUT2D eigenvalue weighted by molar-refractivity contribution is 5.85. The number of benzene rings is 1. The quantitative estimate of drug-likeness (QED) is 0.616. The van der Waals surface area contributed by atoms with Crippen LogP contribution in [0.15, 0.2) is 23.2 Å². The molecule has 0 radical (unpaired) electrons. The number of hydrogen-bond donors (Lipinski definition) is 1. The van der Waals surface area contributed by atoms with Crippen molar-refractivity contribution in [3.05, 3.63) is 18.2 Å². The minimum Gasteiger partial charge on any atom is -0.494 e. The molecule has 4 heteroatoms. The third kappa shape index (κ3) is 3.66. The molecular weight excluding hydrogens is 216 g/mol. The maximum Gasteiger partial charge on any atom is 0.149 e. The highest BCUT2D eigenvalue weighted by Gasteiger charge is 2.08. The molecule has 0 fully saturated rings. The Labute approximate surface area is 111 Å². The second-order valence-electron chi connectivity index (χ2n) is 3.51. The van der Waals surface area contributed by atoms with E-state index in [1.54, 1.807) is 0 Å². The molecule has 4 nitrogen and oxygen atoms in total. The highest BCUT2D eigenvalue weighted by atomic mass is 16.5. The first-order chi connectivity index (χ1) is 10.5. The Morgan fingerprint density at radius 2 is 2.00 bits per heavy atom. The van der Waals surface area contributed by atoms with Crippen LogP contribution in [0.25, 0.3) is 0 Å². The zero-order valence-electron chi connectivity index (χ0n) is 15.7. The molecular formula is C13H20N2O2. The molecule has 0 heterocycles. The number of methoxy groups -OCH3 is 2. The summed E-state index contributed by atoms with van der Waals surface area (Å²) in [7, 11) is -5.41. The van der Waals surface area contributed by atoms with Gasteiger partial charge >= 0.3 is 0 Å². The summed E-state index contributed by atoms with van der Waals surface area (Å²) >= 11 is 0. The van der Waals surface area contributed by atoms with Gasteiger partial charge in [-0.1, -0.05) is 19.4 Å². The molecule has 0 atom stereocenters. The van der Waals surface area contributed by atoms with Gasteiger partial charge in [-0.15, -0.1) is 0 Å². The number of unbranched alkanes of at least 4 members (excludes halogenated alkanes) is 1. The number of nitrogens with two attached hydrogens (primary N) is 1. The van der Waals surface area contributed by atoms with Crippen molar-refractivity contribution in [3.8, 4) is 11.5 Å². The standard InChI is InChI=1S/C13H20N2O2/c1-4-5-9-12(14)15-13-10(16-2)7-6-8-11(13)17-3/h6-8H,4-5,9H2,1-3H3,(H2,14,15)/i2D3,3D3. The Balaban J connectivity index is 3.27. The van der Waals surface area contributed by atoms with E-state index in [9.17, 15) is 0 Å². The summed E-state index contributed by atoms with van der Waals surface area (Å²) < 4.78 is 52.9. The molecule has 17 heavy (non-hydrogen) atoms. The van der Waals surface area contributed by atoms with Gasteiger partial charge in [-0.25, -0.2) is 4.99 Å². The topological polar surface area (TPSA) is 56.8 Å². The minimum absolute atomic E-state index is 0.0478. The van der Waals surface area contributed by atoms with Crippen molar-refractivity contribution < 1.29 is 17.7 Å². The summed E-state index contributed by atoms with van der Waals surface area (Å²) in [5, 5.41) is 0. The number of rotatable bonds is 6. The second kappa shape index (κ2) is 6.78. The van der Waals surface area contributed by atoms with Crippen LogP contribution in [-0.4, -0.2) is 19.9 Å². The first-order valence-corrected chi connectivity index (χ1v) is 5.36. The van der Waals surface area contributed by atoms with E-state index in [2.05, 4.69) is 4.99 Å². The van der Waals surface area contributed by atoms with Crippen LogP contribution in [-0.2, 0) is 0 Å². The SMILES string of the molecule is [2H]C([2H])([2H])Oc1cccc(OC([2H])([2H])[2H])c1N=C(N)CCCC. The number of amidine groups is 1. The zero-order chi connectivity index (χ0) is 17.7. The van der Waals surface area contributed by atoms with Crippen LogP contribution in [0.1, 0.15) is 34.4 Å². The second-order valence-corrected chi connectivity index (χ2v) is 3.51. The molecule has 0 bridgehead atoms. The Morgan fingerprint density at radius 3 is 2.53 bits per heavy atom. The third-order valence-electron chi connectivity index (χ3n) is 2.22. The third-order valence-corrected chi connectivity index (χ3v) is 2.22. The van der Waals surface area contributed by atoms with E-state index in [1.165, 1.54) is 18.2 Å². The normalized spacial score (nSPS) is 18.1. The molecule has 94 valence electrons. The van der Waals surface area contributed by atoms with Crippen LogP contribution in [0.3, 0.4) is 0 Å². The molecule has 0 aliphatic carbocycles. The summed E-state index contributed by atoms with van der Waals surface area (Å²) in [4.78, 5) is 4.11. The van der Waals surface area contributed by atoms with E-state index >= 15 is 0 Å². The predicted octanol–water partition coefficient (Wildman–Crippen LogP) is 2.88. The van der Waals surface area contributed by atoms with Crippen molar-refractivity contribution in [2.75, 3.05) is 14.1 Å². The fourth-order valence-electron chi connectivity index (χ4n) is 1.33. The molecule has 0 aliphatic rings. The zero-order valence-corrected chi connectivity index (χ0v) is 9.69. The van der Waals surface area contributed by atoms with E-state index in [4.69, 9.17) is 23.4 Å². The fraction of sp³-hybridized carbons (Fsp3) is 0.462. The summed E-state index contributed by atoms with van der Waals surface area (Å²) in [6, 6.07) is 4.15. The van der Waals surface area contributed by atoms with Crippen molar-refractivity contribution in [2.24, 2.45) is 10.7 Å². The number of hydrogen-bond acceptors (Lipinski definition) is 3. The van der Waals surface area contributed by atoms with Crippen LogP contribution in [0.2, 0.25) is 0 Å². The molecule has 0 amide bonds. The number of para-hydroxylation sites is 1. The van der Waals surface area contributed by atoms with E-state index in [0.717, 1.165) is 12.8 Å². The lowest BCUT2D eigenvalue weighted by Gasteiger charge is -2.10. The molecule has 1 aromatic rings. The molecule has 0 unspecified atom stereocenters. The molecule has 0 aliphatic heterocycles. The highest BCUT2D eigenvalue weighted by Crippen LogP contribution is 2.36. The minimum atomic E-state index is -2.71. The molecule has 1 rings (SSSR count). The van der Waals surface area contributed by atoms with Gasteiger partial charge in [-0.3, -0.25) is 0 Å². The maximum atomic E-state index is 7.19. The molecule has 1 aromatic carbocycles. The van der Waals surface area contributed by atoms with Crippen LogP contribution < -0.4 is 15.2 Å². The van der Waals surface area contributed by atoms with Gasteiger partial charge in [0, 0.05) is 6.42 Å². The van der Waals surface area contributed by atoms with Gasteiger partial charge in [-0.05, 0) is 18.6 Å². The molecule has 0 saturated carbocycles. The predicted molar refractivity (Wildman–Crippen MR) is 70.4 cm³/mol. The van der Waals surface area contributed by atoms with Gasteiger partial charge in [0.05, 0.1) is 28.1 Å². The van der Waals surface area contributed by atoms with E-state index in [0.29, 0.717) is 6.42 Å².